The van der Waals surface area contributed by atoms with Crippen molar-refractivity contribution in [2.45, 2.75) is 11.8 Å². The first-order valence-corrected chi connectivity index (χ1v) is 10.3. The van der Waals surface area contributed by atoms with E-state index in [-0.39, 0.29) is 4.90 Å². The van der Waals surface area contributed by atoms with Crippen molar-refractivity contribution in [3.05, 3.63) is 78.1 Å². The zero-order chi connectivity index (χ0) is 20.6. The van der Waals surface area contributed by atoms with Gasteiger partial charge in [-0.25, -0.2) is 17.4 Å². The number of fused-ring (bicyclic) bond motifs is 1. The van der Waals surface area contributed by atoms with Crippen LogP contribution in [-0.2, 0) is 10.0 Å². The van der Waals surface area contributed by atoms with Crippen LogP contribution in [0.15, 0.2) is 71.9 Å². The first-order chi connectivity index (χ1) is 14.0. The van der Waals surface area contributed by atoms with Crippen LogP contribution in [0.4, 0.5) is 0 Å². The molecule has 2 aromatic carbocycles. The number of rotatable bonds is 4. The Bertz CT molecular complexity index is 1360. The molecule has 4 rings (SSSR count). The number of pyridine rings is 1. The molecule has 2 heterocycles. The van der Waals surface area contributed by atoms with E-state index in [4.69, 9.17) is 4.74 Å². The van der Waals surface area contributed by atoms with Gasteiger partial charge in [0, 0.05) is 23.3 Å². The maximum Gasteiger partial charge on any atom is 0.269 e. The molecule has 0 spiro atoms. The smallest absolute Gasteiger partial charge is 0.269 e. The summed E-state index contributed by atoms with van der Waals surface area (Å²) in [6.45, 7) is 1.90. The predicted octanol–water partition coefficient (Wildman–Crippen LogP) is 4.13. The topological polar surface area (TPSA) is 85.0 Å². The molecule has 0 saturated carbocycles. The van der Waals surface area contributed by atoms with E-state index in [9.17, 15) is 13.7 Å². The molecular formula is C22H17N3O3S. The van der Waals surface area contributed by atoms with Gasteiger partial charge in [0.1, 0.15) is 11.8 Å². The molecular weight excluding hydrogens is 386 g/mol. The lowest BCUT2D eigenvalue weighted by molar-refractivity contribution is 0.413. The number of nitriles is 1. The Morgan fingerprint density at radius 3 is 2.55 bits per heavy atom. The van der Waals surface area contributed by atoms with Crippen molar-refractivity contribution in [1.29, 1.82) is 5.26 Å². The summed E-state index contributed by atoms with van der Waals surface area (Å²) >= 11 is 0. The number of nitrogens with zero attached hydrogens (tertiary/aromatic N) is 3. The number of hydrogen-bond donors (Lipinski definition) is 0. The van der Waals surface area contributed by atoms with Crippen molar-refractivity contribution in [3.63, 3.8) is 0 Å². The van der Waals surface area contributed by atoms with Crippen LogP contribution in [0.1, 0.15) is 11.1 Å². The molecule has 0 amide bonds. The molecule has 0 aliphatic heterocycles. The van der Waals surface area contributed by atoms with E-state index in [0.717, 1.165) is 11.1 Å². The molecule has 29 heavy (non-hydrogen) atoms. The maximum absolute atomic E-state index is 13.3. The molecule has 0 fully saturated rings. The lowest BCUT2D eigenvalue weighted by atomic mass is 10.0. The summed E-state index contributed by atoms with van der Waals surface area (Å²) in [6, 6.07) is 17.5. The number of aromatic nitrogens is 2. The predicted molar refractivity (Wildman–Crippen MR) is 110 cm³/mol. The third-order valence-corrected chi connectivity index (χ3v) is 6.41. The molecule has 6 nitrogen and oxygen atoms in total. The summed E-state index contributed by atoms with van der Waals surface area (Å²) in [4.78, 5) is 4.50. The van der Waals surface area contributed by atoms with Crippen LogP contribution >= 0.6 is 0 Å². The van der Waals surface area contributed by atoms with Crippen LogP contribution < -0.4 is 4.74 Å². The number of aryl methyl sites for hydroxylation is 1. The minimum absolute atomic E-state index is 0.189. The Hall–Kier alpha value is -3.63. The van der Waals surface area contributed by atoms with Gasteiger partial charge in [-0.1, -0.05) is 23.8 Å². The van der Waals surface area contributed by atoms with Gasteiger partial charge in [0.05, 0.1) is 17.6 Å². The fourth-order valence-electron chi connectivity index (χ4n) is 3.22. The van der Waals surface area contributed by atoms with E-state index >= 15 is 0 Å². The highest BCUT2D eigenvalue weighted by atomic mass is 32.2. The van der Waals surface area contributed by atoms with Crippen molar-refractivity contribution >= 4 is 21.1 Å². The summed E-state index contributed by atoms with van der Waals surface area (Å²) in [5.74, 6) is 0.427. The average Bonchev–Trinajstić information content (AvgIpc) is 3.14. The molecule has 0 aliphatic carbocycles. The van der Waals surface area contributed by atoms with E-state index in [2.05, 4.69) is 11.1 Å². The highest BCUT2D eigenvalue weighted by Gasteiger charge is 2.23. The summed E-state index contributed by atoms with van der Waals surface area (Å²) < 4.78 is 33.1. The third kappa shape index (κ3) is 3.13. The second-order valence-electron chi connectivity index (χ2n) is 6.56. The Morgan fingerprint density at radius 1 is 1.10 bits per heavy atom. The van der Waals surface area contributed by atoms with Gasteiger partial charge in [-0.15, -0.1) is 0 Å². The van der Waals surface area contributed by atoms with Crippen molar-refractivity contribution in [2.75, 3.05) is 7.11 Å². The second kappa shape index (κ2) is 7.08. The van der Waals surface area contributed by atoms with Crippen LogP contribution in [0, 0.1) is 18.3 Å². The number of ether oxygens (including phenoxy) is 1. The van der Waals surface area contributed by atoms with Gasteiger partial charge in [-0.05, 0) is 48.9 Å². The normalized spacial score (nSPS) is 11.3. The van der Waals surface area contributed by atoms with Crippen LogP contribution in [-0.4, -0.2) is 24.5 Å². The van der Waals surface area contributed by atoms with Gasteiger partial charge < -0.3 is 4.74 Å². The molecule has 0 atom stereocenters. The minimum atomic E-state index is -3.83. The molecule has 2 aromatic heterocycles. The Balaban J connectivity index is 1.96. The van der Waals surface area contributed by atoms with Crippen LogP contribution in [0.2, 0.25) is 0 Å². The Kier molecular flexibility index (Phi) is 4.57. The third-order valence-electron chi connectivity index (χ3n) is 4.74. The van der Waals surface area contributed by atoms with E-state index in [1.807, 2.05) is 13.0 Å². The van der Waals surface area contributed by atoms with Crippen LogP contribution in [0.5, 0.6) is 5.75 Å². The van der Waals surface area contributed by atoms with E-state index < -0.39 is 10.0 Å². The van der Waals surface area contributed by atoms with E-state index in [0.29, 0.717) is 27.9 Å². The SMILES string of the molecule is COc1cc(-c2cn(S(=O)(=O)c3ccc(C)cc3)c3ncccc23)ccc1C#N. The molecule has 0 bridgehead atoms. The van der Waals surface area contributed by atoms with Crippen molar-refractivity contribution in [3.8, 4) is 22.9 Å². The molecule has 144 valence electrons. The maximum atomic E-state index is 13.3. The van der Waals surface area contributed by atoms with Crippen LogP contribution in [0.3, 0.4) is 0 Å². The molecule has 0 N–H and O–H groups in total. The average molecular weight is 403 g/mol. The van der Waals surface area contributed by atoms with Gasteiger partial charge >= 0.3 is 0 Å². The molecule has 0 aliphatic rings. The fraction of sp³-hybridized carbons (Fsp3) is 0.0909. The Labute approximate surface area is 168 Å². The fourth-order valence-corrected chi connectivity index (χ4v) is 4.54. The zero-order valence-electron chi connectivity index (χ0n) is 15.8. The van der Waals surface area contributed by atoms with E-state index in [1.165, 1.54) is 11.1 Å². The zero-order valence-corrected chi connectivity index (χ0v) is 16.6. The molecule has 0 saturated heterocycles. The summed E-state index contributed by atoms with van der Waals surface area (Å²) in [5, 5.41) is 9.91. The van der Waals surface area contributed by atoms with Gasteiger partial charge in [-0.3, -0.25) is 0 Å². The number of hydrogen-bond acceptors (Lipinski definition) is 5. The first kappa shape index (κ1) is 18.7. The molecule has 7 heteroatoms. The highest BCUT2D eigenvalue weighted by Crippen LogP contribution is 2.34. The standard InChI is InChI=1S/C22H17N3O3S/c1-15-5-9-18(10-6-15)29(26,27)25-14-20(19-4-3-11-24-22(19)25)16-7-8-17(13-23)21(12-16)28-2/h3-12,14H,1-2H3. The molecule has 4 aromatic rings. The van der Waals surface area contributed by atoms with Crippen molar-refractivity contribution in [1.82, 2.24) is 8.96 Å². The summed E-state index contributed by atoms with van der Waals surface area (Å²) in [7, 11) is -2.33. The Morgan fingerprint density at radius 2 is 1.86 bits per heavy atom. The van der Waals surface area contributed by atoms with Crippen molar-refractivity contribution < 1.29 is 13.2 Å². The molecule has 0 unspecified atom stereocenters. The van der Waals surface area contributed by atoms with E-state index in [1.54, 1.807) is 60.9 Å². The largest absolute Gasteiger partial charge is 0.495 e. The van der Waals surface area contributed by atoms with Gasteiger partial charge in [0.15, 0.2) is 5.65 Å². The quantitative estimate of drug-likeness (QED) is 0.511. The lowest BCUT2D eigenvalue weighted by Gasteiger charge is -2.07. The lowest BCUT2D eigenvalue weighted by Crippen LogP contribution is -2.12. The van der Waals surface area contributed by atoms with Crippen molar-refractivity contribution in [2.24, 2.45) is 0 Å². The minimum Gasteiger partial charge on any atom is -0.495 e. The van der Waals surface area contributed by atoms with Gasteiger partial charge in [-0.2, -0.15) is 5.26 Å². The number of benzene rings is 2. The summed E-state index contributed by atoms with van der Waals surface area (Å²) in [5.41, 5.74) is 3.14. The molecule has 0 radical (unpaired) electrons. The van der Waals surface area contributed by atoms with Gasteiger partial charge in [0.25, 0.3) is 10.0 Å². The monoisotopic (exact) mass is 403 g/mol. The first-order valence-electron chi connectivity index (χ1n) is 8.82. The highest BCUT2D eigenvalue weighted by molar-refractivity contribution is 7.90. The summed E-state index contributed by atoms with van der Waals surface area (Å²) in [6.07, 6.45) is 3.13. The van der Waals surface area contributed by atoms with Crippen LogP contribution in [0.25, 0.3) is 22.2 Å². The second-order valence-corrected chi connectivity index (χ2v) is 8.37. The number of methoxy groups -OCH3 is 1. The van der Waals surface area contributed by atoms with Gasteiger partial charge in [0.2, 0.25) is 0 Å².